The van der Waals surface area contributed by atoms with Crippen molar-refractivity contribution >= 4 is 38.4 Å². The van der Waals surface area contributed by atoms with Gasteiger partial charge in [-0.2, -0.15) is 4.31 Å². The van der Waals surface area contributed by atoms with E-state index >= 15 is 0 Å². The van der Waals surface area contributed by atoms with E-state index in [4.69, 9.17) is 9.47 Å². The number of anilines is 1. The van der Waals surface area contributed by atoms with Gasteiger partial charge in [-0.1, -0.05) is 30.3 Å². The highest BCUT2D eigenvalue weighted by molar-refractivity contribution is 7.89. The molecule has 1 fully saturated rings. The first kappa shape index (κ1) is 23.8. The van der Waals surface area contributed by atoms with Crippen LogP contribution in [0.1, 0.15) is 10.4 Å². The normalized spacial score (nSPS) is 14.5. The third-order valence-electron chi connectivity index (χ3n) is 4.95. The van der Waals surface area contributed by atoms with Crippen molar-refractivity contribution in [1.29, 1.82) is 0 Å². The first-order chi connectivity index (χ1) is 16.3. The lowest BCUT2D eigenvalue weighted by Crippen LogP contribution is -2.40. The van der Waals surface area contributed by atoms with Crippen LogP contribution in [0.2, 0.25) is 0 Å². The quantitative estimate of drug-likeness (QED) is 0.469. The molecule has 2 heterocycles. The van der Waals surface area contributed by atoms with Crippen LogP contribution in [0.4, 0.5) is 5.13 Å². The van der Waals surface area contributed by atoms with Crippen molar-refractivity contribution in [2.24, 2.45) is 0 Å². The molecule has 0 bridgehead atoms. The molecule has 1 saturated heterocycles. The topological polar surface area (TPSA) is 135 Å². The molecule has 1 aliphatic rings. The minimum Gasteiger partial charge on any atom is -0.507 e. The van der Waals surface area contributed by atoms with E-state index in [0.717, 1.165) is 17.7 Å². The van der Waals surface area contributed by atoms with Crippen LogP contribution in [-0.2, 0) is 24.3 Å². The van der Waals surface area contributed by atoms with Gasteiger partial charge < -0.3 is 14.6 Å². The lowest BCUT2D eigenvalue weighted by atomic mass is 10.2. The molecule has 0 radical (unpaired) electrons. The van der Waals surface area contributed by atoms with Crippen molar-refractivity contribution in [3.63, 3.8) is 0 Å². The van der Waals surface area contributed by atoms with Crippen LogP contribution in [0.15, 0.2) is 58.8 Å². The van der Waals surface area contributed by atoms with Gasteiger partial charge in [-0.25, -0.2) is 18.2 Å². The maximum Gasteiger partial charge on any atom is 0.342 e. The number of sulfonamides is 1. The average Bonchev–Trinajstić information content (AvgIpc) is 3.32. The molecule has 4 rings (SSSR count). The number of hydrogen-bond donors (Lipinski definition) is 2. The molecule has 3 aromatic rings. The van der Waals surface area contributed by atoms with Crippen molar-refractivity contribution in [3.05, 3.63) is 59.5 Å². The Labute approximate surface area is 199 Å². The van der Waals surface area contributed by atoms with Crippen LogP contribution in [0.5, 0.6) is 5.75 Å². The number of rotatable bonds is 7. The standard InChI is InChI=1S/C22H21N3O7S2/c26-19-7-6-16(34(29,30)25-8-10-31-11-9-25)12-17(19)21(28)32-13-20(27)24-22-23-18(14-33-22)15-4-2-1-3-5-15/h1-7,12,14,26H,8-11,13H2,(H,23,24,27). The number of aromatic hydroxyl groups is 1. The second kappa shape index (κ2) is 10.3. The zero-order valence-electron chi connectivity index (χ0n) is 17.8. The van der Waals surface area contributed by atoms with Crippen molar-refractivity contribution in [3.8, 4) is 17.0 Å². The van der Waals surface area contributed by atoms with Gasteiger partial charge in [0.25, 0.3) is 5.91 Å². The number of thiazole rings is 1. The number of phenolic OH excluding ortho intramolecular Hbond substituents is 1. The average molecular weight is 504 g/mol. The molecule has 2 aromatic carbocycles. The van der Waals surface area contributed by atoms with Crippen LogP contribution in [0.3, 0.4) is 0 Å². The highest BCUT2D eigenvalue weighted by Gasteiger charge is 2.28. The largest absolute Gasteiger partial charge is 0.507 e. The van der Waals surface area contributed by atoms with Crippen LogP contribution in [0.25, 0.3) is 11.3 Å². The fourth-order valence-corrected chi connectivity index (χ4v) is 5.38. The van der Waals surface area contributed by atoms with Gasteiger partial charge >= 0.3 is 5.97 Å². The minimum atomic E-state index is -3.88. The number of nitrogens with zero attached hydrogens (tertiary/aromatic N) is 2. The van der Waals surface area contributed by atoms with E-state index in [1.54, 1.807) is 5.38 Å². The molecule has 12 heteroatoms. The van der Waals surface area contributed by atoms with Crippen molar-refractivity contribution in [1.82, 2.24) is 9.29 Å². The monoisotopic (exact) mass is 503 g/mol. The minimum absolute atomic E-state index is 0.167. The number of carbonyl (C=O) groups is 2. The maximum absolute atomic E-state index is 12.8. The molecule has 1 aliphatic heterocycles. The summed E-state index contributed by atoms with van der Waals surface area (Å²) in [4.78, 5) is 28.8. The van der Waals surface area contributed by atoms with Gasteiger partial charge in [0.05, 0.1) is 23.8 Å². The summed E-state index contributed by atoms with van der Waals surface area (Å²) in [5, 5.41) is 14.7. The fraction of sp³-hybridized carbons (Fsp3) is 0.227. The van der Waals surface area contributed by atoms with E-state index in [2.05, 4.69) is 10.3 Å². The number of amides is 1. The number of nitrogens with one attached hydrogen (secondary N) is 1. The Bertz CT molecular complexity index is 1290. The van der Waals surface area contributed by atoms with Gasteiger partial charge in [0.2, 0.25) is 10.0 Å². The molecule has 0 atom stereocenters. The van der Waals surface area contributed by atoms with Gasteiger partial charge in [0, 0.05) is 24.0 Å². The second-order valence-corrected chi connectivity index (χ2v) is 10.0. The zero-order chi connectivity index (χ0) is 24.1. The molecule has 0 spiro atoms. The summed E-state index contributed by atoms with van der Waals surface area (Å²) in [5.74, 6) is -2.12. The smallest absolute Gasteiger partial charge is 0.342 e. The highest BCUT2D eigenvalue weighted by Crippen LogP contribution is 2.26. The molecule has 2 N–H and O–H groups in total. The third-order valence-corrected chi connectivity index (χ3v) is 7.60. The number of phenols is 1. The third kappa shape index (κ3) is 5.42. The lowest BCUT2D eigenvalue weighted by molar-refractivity contribution is -0.119. The summed E-state index contributed by atoms with van der Waals surface area (Å²) >= 11 is 1.22. The molecule has 0 aliphatic carbocycles. The molecule has 0 unspecified atom stereocenters. The van der Waals surface area contributed by atoms with E-state index in [9.17, 15) is 23.1 Å². The van der Waals surface area contributed by atoms with Gasteiger partial charge in [0.15, 0.2) is 11.7 Å². The Morgan fingerprint density at radius 1 is 1.15 bits per heavy atom. The van der Waals surface area contributed by atoms with Gasteiger partial charge in [-0.05, 0) is 18.2 Å². The first-order valence-electron chi connectivity index (χ1n) is 10.2. The van der Waals surface area contributed by atoms with Crippen LogP contribution in [0, 0.1) is 0 Å². The Balaban J connectivity index is 1.38. The van der Waals surface area contributed by atoms with Crippen LogP contribution in [-0.4, -0.2) is 67.6 Å². The Kier molecular flexibility index (Phi) is 7.22. The van der Waals surface area contributed by atoms with E-state index in [0.29, 0.717) is 10.8 Å². The molecule has 1 amide bonds. The number of benzene rings is 2. The number of ether oxygens (including phenoxy) is 2. The number of aromatic nitrogens is 1. The lowest BCUT2D eigenvalue weighted by Gasteiger charge is -2.26. The predicted molar refractivity (Wildman–Crippen MR) is 124 cm³/mol. The van der Waals surface area contributed by atoms with E-state index in [1.165, 1.54) is 21.7 Å². The van der Waals surface area contributed by atoms with Crippen molar-refractivity contribution in [2.75, 3.05) is 38.2 Å². The molecule has 10 nitrogen and oxygen atoms in total. The van der Waals surface area contributed by atoms with E-state index < -0.39 is 34.3 Å². The number of esters is 1. The van der Waals surface area contributed by atoms with Crippen molar-refractivity contribution in [2.45, 2.75) is 4.90 Å². The number of hydrogen-bond acceptors (Lipinski definition) is 9. The highest BCUT2D eigenvalue weighted by atomic mass is 32.2. The van der Waals surface area contributed by atoms with Gasteiger partial charge in [-0.3, -0.25) is 10.1 Å². The summed E-state index contributed by atoms with van der Waals surface area (Å²) in [5.41, 5.74) is 1.23. The van der Waals surface area contributed by atoms with E-state index in [1.807, 2.05) is 30.3 Å². The SMILES string of the molecule is O=C(COC(=O)c1cc(S(=O)(=O)N2CCOCC2)ccc1O)Nc1nc(-c2ccccc2)cs1. The predicted octanol–water partition coefficient (Wildman–Crippen LogP) is 2.33. The van der Waals surface area contributed by atoms with Crippen molar-refractivity contribution < 1.29 is 32.6 Å². The molecule has 178 valence electrons. The Hall–Kier alpha value is -3.32. The molecular weight excluding hydrogens is 482 g/mol. The molecule has 34 heavy (non-hydrogen) atoms. The summed E-state index contributed by atoms with van der Waals surface area (Å²) in [7, 11) is -3.88. The number of morpholine rings is 1. The van der Waals surface area contributed by atoms with Crippen LogP contribution >= 0.6 is 11.3 Å². The van der Waals surface area contributed by atoms with Gasteiger partial charge in [0.1, 0.15) is 11.3 Å². The maximum atomic E-state index is 12.8. The Morgan fingerprint density at radius 3 is 2.62 bits per heavy atom. The summed E-state index contributed by atoms with van der Waals surface area (Å²) in [6.45, 7) is 0.275. The molecular formula is C22H21N3O7S2. The number of carbonyl (C=O) groups excluding carboxylic acids is 2. The fourth-order valence-electron chi connectivity index (χ4n) is 3.21. The molecule has 1 aromatic heterocycles. The first-order valence-corrected chi connectivity index (χ1v) is 12.6. The summed E-state index contributed by atoms with van der Waals surface area (Å²) < 4.78 is 37.0. The Morgan fingerprint density at radius 2 is 1.88 bits per heavy atom. The zero-order valence-corrected chi connectivity index (χ0v) is 19.5. The molecule has 0 saturated carbocycles. The summed E-state index contributed by atoms with van der Waals surface area (Å²) in [6.07, 6.45) is 0. The summed E-state index contributed by atoms with van der Waals surface area (Å²) in [6, 6.07) is 12.8. The van der Waals surface area contributed by atoms with Crippen LogP contribution < -0.4 is 5.32 Å². The van der Waals surface area contributed by atoms with E-state index in [-0.39, 0.29) is 36.8 Å². The van der Waals surface area contributed by atoms with Gasteiger partial charge in [-0.15, -0.1) is 11.3 Å². The second-order valence-electron chi connectivity index (χ2n) is 7.22.